The molecule has 0 aliphatic rings. The quantitative estimate of drug-likeness (QED) is 0.0241. The van der Waals surface area contributed by atoms with Gasteiger partial charge in [0.15, 0.2) is 6.10 Å². The molecular formula is C43H73O10P. The van der Waals surface area contributed by atoms with Crippen LogP contribution in [-0.2, 0) is 32.7 Å². The molecule has 0 saturated carbocycles. The van der Waals surface area contributed by atoms with Crippen LogP contribution >= 0.6 is 7.82 Å². The highest BCUT2D eigenvalue weighted by Crippen LogP contribution is 2.43. The predicted molar refractivity (Wildman–Crippen MR) is 219 cm³/mol. The molecule has 0 aromatic carbocycles. The second kappa shape index (κ2) is 38.7. The Morgan fingerprint density at radius 3 is 1.50 bits per heavy atom. The summed E-state index contributed by atoms with van der Waals surface area (Å²) in [4.78, 5) is 34.8. The van der Waals surface area contributed by atoms with Crippen molar-refractivity contribution in [2.45, 2.75) is 161 Å². The smallest absolute Gasteiger partial charge is 0.462 e. The second-order valence-corrected chi connectivity index (χ2v) is 14.7. The molecule has 0 amide bonds. The van der Waals surface area contributed by atoms with E-state index in [0.717, 1.165) is 57.8 Å². The van der Waals surface area contributed by atoms with Crippen molar-refractivity contribution in [3.63, 3.8) is 0 Å². The Morgan fingerprint density at radius 2 is 1.02 bits per heavy atom. The lowest BCUT2D eigenvalue weighted by molar-refractivity contribution is -0.161. The highest BCUT2D eigenvalue weighted by atomic mass is 31.2. The Bertz CT molecular complexity index is 1130. The van der Waals surface area contributed by atoms with Crippen LogP contribution in [-0.4, -0.2) is 65.7 Å². The topological polar surface area (TPSA) is 149 Å². The molecule has 0 radical (unpaired) electrons. The van der Waals surface area contributed by atoms with Crippen LogP contribution in [0, 0.1) is 0 Å². The zero-order valence-electron chi connectivity index (χ0n) is 33.4. The molecule has 0 bridgehead atoms. The standard InChI is InChI=1S/C43H73O10P/c1-3-5-7-9-11-13-15-17-18-19-20-21-22-23-25-27-29-31-33-35-43(47)53-41(39-52-54(48,49)51-37-40(45)36-44)38-50-42(46)34-32-30-28-26-24-16-14-12-10-8-6-4-2/h5,7,11,13,17-18,20-21,23,25,29,31,40-41,44-45H,3-4,6,8-10,12,14-16,19,22,24,26-28,30,32-39H2,1-2H3,(H,48,49)/b7-5-,13-11-,18-17-,21-20-,25-23-,31-29-. The van der Waals surface area contributed by atoms with Crippen molar-refractivity contribution in [2.75, 3.05) is 26.4 Å². The van der Waals surface area contributed by atoms with Crippen molar-refractivity contribution in [1.29, 1.82) is 0 Å². The van der Waals surface area contributed by atoms with Crippen LogP contribution in [0.1, 0.15) is 149 Å². The Hall–Kier alpha value is -2.59. The molecule has 11 heteroatoms. The number of esters is 2. The van der Waals surface area contributed by atoms with Crippen LogP contribution in [0.2, 0.25) is 0 Å². The summed E-state index contributed by atoms with van der Waals surface area (Å²) >= 11 is 0. The van der Waals surface area contributed by atoms with Gasteiger partial charge in [-0.2, -0.15) is 0 Å². The van der Waals surface area contributed by atoms with Gasteiger partial charge in [0.2, 0.25) is 0 Å². The van der Waals surface area contributed by atoms with Gasteiger partial charge in [0.1, 0.15) is 12.7 Å². The lowest BCUT2D eigenvalue weighted by Gasteiger charge is -2.20. The third kappa shape index (κ3) is 37.7. The van der Waals surface area contributed by atoms with Gasteiger partial charge in [-0.25, -0.2) is 4.57 Å². The number of hydrogen-bond donors (Lipinski definition) is 3. The maximum atomic E-state index is 12.5. The fourth-order valence-corrected chi connectivity index (χ4v) is 5.81. The summed E-state index contributed by atoms with van der Waals surface area (Å²) < 4.78 is 32.5. The fraction of sp³-hybridized carbons (Fsp3) is 0.674. The maximum absolute atomic E-state index is 12.5. The maximum Gasteiger partial charge on any atom is 0.472 e. The fourth-order valence-electron chi connectivity index (χ4n) is 5.02. The van der Waals surface area contributed by atoms with E-state index in [1.54, 1.807) is 0 Å². The first kappa shape index (κ1) is 51.4. The molecule has 0 fully saturated rings. The second-order valence-electron chi connectivity index (χ2n) is 13.3. The van der Waals surface area contributed by atoms with E-state index in [2.05, 4.69) is 79.1 Å². The molecule has 3 N–H and O–H groups in total. The molecule has 10 nitrogen and oxygen atoms in total. The Balaban J connectivity index is 4.48. The van der Waals surface area contributed by atoms with Gasteiger partial charge in [-0.05, 0) is 51.4 Å². The van der Waals surface area contributed by atoms with Crippen molar-refractivity contribution < 1.29 is 47.8 Å². The molecule has 0 saturated heterocycles. The van der Waals surface area contributed by atoms with Gasteiger partial charge in [-0.3, -0.25) is 18.6 Å². The van der Waals surface area contributed by atoms with Crippen molar-refractivity contribution in [1.82, 2.24) is 0 Å². The first-order valence-electron chi connectivity index (χ1n) is 20.4. The number of unbranched alkanes of at least 4 members (excludes halogenated alkanes) is 11. The number of rotatable bonds is 37. The zero-order valence-corrected chi connectivity index (χ0v) is 34.3. The molecule has 0 aliphatic heterocycles. The van der Waals surface area contributed by atoms with Gasteiger partial charge >= 0.3 is 19.8 Å². The zero-order chi connectivity index (χ0) is 39.8. The number of hydrogen-bond acceptors (Lipinski definition) is 9. The largest absolute Gasteiger partial charge is 0.472 e. The van der Waals surface area contributed by atoms with Crippen LogP contribution in [0.25, 0.3) is 0 Å². The van der Waals surface area contributed by atoms with Crippen LogP contribution in [0.3, 0.4) is 0 Å². The normalized spacial score (nSPS) is 14.7. The van der Waals surface area contributed by atoms with Gasteiger partial charge < -0.3 is 24.6 Å². The lowest BCUT2D eigenvalue weighted by Crippen LogP contribution is -2.29. The van der Waals surface area contributed by atoms with Gasteiger partial charge in [-0.1, -0.05) is 157 Å². The number of carbonyl (C=O) groups excluding carboxylic acids is 2. The average Bonchev–Trinajstić information content (AvgIpc) is 3.16. The molecule has 0 spiro atoms. The first-order valence-corrected chi connectivity index (χ1v) is 21.9. The molecule has 0 aliphatic carbocycles. The first-order chi connectivity index (χ1) is 26.2. The summed E-state index contributed by atoms with van der Waals surface area (Å²) in [6, 6.07) is 0. The molecule has 310 valence electrons. The third-order valence-corrected chi connectivity index (χ3v) is 9.09. The molecule has 0 heterocycles. The Labute approximate surface area is 327 Å². The third-order valence-electron chi connectivity index (χ3n) is 8.14. The van der Waals surface area contributed by atoms with Crippen LogP contribution in [0.4, 0.5) is 0 Å². The number of carbonyl (C=O) groups is 2. The van der Waals surface area contributed by atoms with Crippen molar-refractivity contribution in [3.05, 3.63) is 72.9 Å². The van der Waals surface area contributed by atoms with Crippen LogP contribution < -0.4 is 0 Å². The molecule has 0 aromatic rings. The van der Waals surface area contributed by atoms with Gasteiger partial charge in [0.05, 0.1) is 19.8 Å². The highest BCUT2D eigenvalue weighted by molar-refractivity contribution is 7.47. The molecule has 3 atom stereocenters. The van der Waals surface area contributed by atoms with E-state index in [0.29, 0.717) is 12.8 Å². The van der Waals surface area contributed by atoms with Gasteiger partial charge in [0.25, 0.3) is 0 Å². The molecule has 0 aromatic heterocycles. The van der Waals surface area contributed by atoms with Crippen molar-refractivity contribution in [2.24, 2.45) is 0 Å². The monoisotopic (exact) mass is 780 g/mol. The summed E-state index contributed by atoms with van der Waals surface area (Å²) in [6.45, 7) is 2.16. The van der Waals surface area contributed by atoms with E-state index in [1.165, 1.54) is 51.4 Å². The highest BCUT2D eigenvalue weighted by Gasteiger charge is 2.27. The molecule has 0 rings (SSSR count). The summed E-state index contributed by atoms with van der Waals surface area (Å²) in [6.07, 6.45) is 43.1. The predicted octanol–water partition coefficient (Wildman–Crippen LogP) is 10.5. The molecular weight excluding hydrogens is 707 g/mol. The van der Waals surface area contributed by atoms with Crippen molar-refractivity contribution in [3.8, 4) is 0 Å². The van der Waals surface area contributed by atoms with E-state index < -0.39 is 51.8 Å². The summed E-state index contributed by atoms with van der Waals surface area (Å²) in [5, 5.41) is 18.3. The summed E-state index contributed by atoms with van der Waals surface area (Å²) in [5.74, 6) is -1.03. The number of phosphoric acid groups is 1. The van der Waals surface area contributed by atoms with Gasteiger partial charge in [-0.15, -0.1) is 0 Å². The van der Waals surface area contributed by atoms with E-state index in [4.69, 9.17) is 19.1 Å². The van der Waals surface area contributed by atoms with E-state index in [9.17, 15) is 24.2 Å². The molecule has 3 unspecified atom stereocenters. The van der Waals surface area contributed by atoms with E-state index in [1.807, 2.05) is 12.2 Å². The Morgan fingerprint density at radius 1 is 0.574 bits per heavy atom. The van der Waals surface area contributed by atoms with Crippen molar-refractivity contribution >= 4 is 19.8 Å². The minimum Gasteiger partial charge on any atom is -0.462 e. The van der Waals surface area contributed by atoms with Crippen LogP contribution in [0.15, 0.2) is 72.9 Å². The van der Waals surface area contributed by atoms with E-state index >= 15 is 0 Å². The number of phosphoric ester groups is 1. The number of aliphatic hydroxyl groups is 2. The van der Waals surface area contributed by atoms with Crippen LogP contribution in [0.5, 0.6) is 0 Å². The SMILES string of the molecule is CC/C=C\C/C=C\C/C=C\C/C=C\C/C=C\C/C=C\CCC(=O)OC(COC(=O)CCCCCCCCCCCCCC)COP(=O)(O)OCC(O)CO. The number of aliphatic hydroxyl groups excluding tert-OH is 2. The van der Waals surface area contributed by atoms with E-state index in [-0.39, 0.29) is 19.4 Å². The molecule has 54 heavy (non-hydrogen) atoms. The summed E-state index contributed by atoms with van der Waals surface area (Å²) in [5.41, 5.74) is 0. The number of ether oxygens (including phenoxy) is 2. The minimum atomic E-state index is -4.64. The lowest BCUT2D eigenvalue weighted by atomic mass is 10.0. The Kier molecular flexibility index (Phi) is 36.8. The minimum absolute atomic E-state index is 0.0570. The summed E-state index contributed by atoms with van der Waals surface area (Å²) in [7, 11) is -4.64. The number of allylic oxidation sites excluding steroid dienone is 12. The van der Waals surface area contributed by atoms with Gasteiger partial charge in [0, 0.05) is 12.8 Å². The average molecular weight is 781 g/mol.